The Hall–Kier alpha value is 0.480. The van der Waals surface area contributed by atoms with E-state index in [0.29, 0.717) is 0 Å². The SMILES string of the molecule is CCCC(Br)C1CCCC(C)CC1. The highest BCUT2D eigenvalue weighted by molar-refractivity contribution is 9.09. The summed E-state index contributed by atoms with van der Waals surface area (Å²) in [6, 6.07) is 0. The highest BCUT2D eigenvalue weighted by atomic mass is 79.9. The summed E-state index contributed by atoms with van der Waals surface area (Å²) in [6.45, 7) is 4.69. The zero-order chi connectivity index (χ0) is 9.68. The maximum absolute atomic E-state index is 3.85. The lowest BCUT2D eigenvalue weighted by Gasteiger charge is -2.20. The quantitative estimate of drug-likeness (QED) is 0.498. The van der Waals surface area contributed by atoms with Gasteiger partial charge in [-0.2, -0.15) is 0 Å². The van der Waals surface area contributed by atoms with Gasteiger partial charge in [0.2, 0.25) is 0 Å². The second kappa shape index (κ2) is 6.06. The van der Waals surface area contributed by atoms with Gasteiger partial charge in [-0.1, -0.05) is 55.5 Å². The highest BCUT2D eigenvalue weighted by Crippen LogP contribution is 2.33. The predicted octanol–water partition coefficient (Wildman–Crippen LogP) is 4.77. The standard InChI is InChI=1S/C12H23Br/c1-3-5-12(13)11-7-4-6-10(2)8-9-11/h10-12H,3-9H2,1-2H3. The van der Waals surface area contributed by atoms with Crippen LogP contribution in [-0.4, -0.2) is 4.83 Å². The van der Waals surface area contributed by atoms with Gasteiger partial charge in [-0.15, -0.1) is 0 Å². The first-order chi connectivity index (χ1) is 6.24. The Balaban J connectivity index is 2.32. The van der Waals surface area contributed by atoms with Crippen molar-refractivity contribution in [2.24, 2.45) is 11.8 Å². The number of halogens is 1. The minimum atomic E-state index is 0.794. The molecule has 13 heavy (non-hydrogen) atoms. The van der Waals surface area contributed by atoms with Crippen LogP contribution in [0.25, 0.3) is 0 Å². The summed E-state index contributed by atoms with van der Waals surface area (Å²) in [5.74, 6) is 1.94. The molecular formula is C12H23Br. The van der Waals surface area contributed by atoms with Crippen molar-refractivity contribution in [2.75, 3.05) is 0 Å². The normalized spacial score (nSPS) is 32.5. The average Bonchev–Trinajstić information content (AvgIpc) is 2.30. The van der Waals surface area contributed by atoms with E-state index in [1.807, 2.05) is 0 Å². The van der Waals surface area contributed by atoms with E-state index in [1.165, 1.54) is 44.9 Å². The zero-order valence-corrected chi connectivity index (χ0v) is 10.6. The monoisotopic (exact) mass is 246 g/mol. The first kappa shape index (κ1) is 11.6. The highest BCUT2D eigenvalue weighted by Gasteiger charge is 2.21. The molecule has 0 aromatic rings. The third-order valence-corrected chi connectivity index (χ3v) is 4.58. The van der Waals surface area contributed by atoms with E-state index in [1.54, 1.807) is 0 Å². The van der Waals surface area contributed by atoms with Crippen LogP contribution >= 0.6 is 15.9 Å². The predicted molar refractivity (Wildman–Crippen MR) is 63.4 cm³/mol. The van der Waals surface area contributed by atoms with Crippen LogP contribution in [0.1, 0.15) is 58.8 Å². The van der Waals surface area contributed by atoms with E-state index in [-0.39, 0.29) is 0 Å². The first-order valence-electron chi connectivity index (χ1n) is 5.88. The third kappa shape index (κ3) is 4.01. The molecule has 0 radical (unpaired) electrons. The molecular weight excluding hydrogens is 224 g/mol. The minimum Gasteiger partial charge on any atom is -0.0888 e. The van der Waals surface area contributed by atoms with Crippen LogP contribution < -0.4 is 0 Å². The summed E-state index contributed by atoms with van der Waals surface area (Å²) in [5.41, 5.74) is 0. The van der Waals surface area contributed by atoms with Crippen LogP contribution in [0.15, 0.2) is 0 Å². The summed E-state index contributed by atoms with van der Waals surface area (Å²) in [5, 5.41) is 0. The molecule has 0 bridgehead atoms. The maximum Gasteiger partial charge on any atom is 0.0174 e. The van der Waals surface area contributed by atoms with Crippen molar-refractivity contribution in [2.45, 2.75) is 63.6 Å². The Labute approximate surface area is 91.6 Å². The van der Waals surface area contributed by atoms with E-state index in [4.69, 9.17) is 0 Å². The van der Waals surface area contributed by atoms with E-state index < -0.39 is 0 Å². The van der Waals surface area contributed by atoms with Crippen LogP contribution in [0.2, 0.25) is 0 Å². The van der Waals surface area contributed by atoms with Crippen LogP contribution in [-0.2, 0) is 0 Å². The van der Waals surface area contributed by atoms with Gasteiger partial charge in [-0.05, 0) is 31.1 Å². The lowest BCUT2D eigenvalue weighted by atomic mass is 9.94. The molecule has 0 amide bonds. The average molecular weight is 247 g/mol. The van der Waals surface area contributed by atoms with E-state index in [0.717, 1.165) is 16.7 Å². The number of hydrogen-bond donors (Lipinski definition) is 0. The van der Waals surface area contributed by atoms with E-state index in [9.17, 15) is 0 Å². The summed E-state index contributed by atoms with van der Waals surface area (Å²) >= 11 is 3.85. The lowest BCUT2D eigenvalue weighted by Crippen LogP contribution is -2.13. The summed E-state index contributed by atoms with van der Waals surface area (Å²) in [4.78, 5) is 0.794. The van der Waals surface area contributed by atoms with Crippen molar-refractivity contribution in [3.8, 4) is 0 Å². The molecule has 0 nitrogen and oxygen atoms in total. The topological polar surface area (TPSA) is 0 Å². The first-order valence-corrected chi connectivity index (χ1v) is 6.79. The van der Waals surface area contributed by atoms with E-state index >= 15 is 0 Å². The van der Waals surface area contributed by atoms with Gasteiger partial charge in [0.1, 0.15) is 0 Å². The molecule has 3 atom stereocenters. The molecule has 0 saturated heterocycles. The zero-order valence-electron chi connectivity index (χ0n) is 9.06. The molecule has 1 saturated carbocycles. The largest absolute Gasteiger partial charge is 0.0888 e. The van der Waals surface area contributed by atoms with Gasteiger partial charge >= 0.3 is 0 Å². The molecule has 0 spiro atoms. The molecule has 1 rings (SSSR count). The number of alkyl halides is 1. The van der Waals surface area contributed by atoms with Gasteiger partial charge in [0.25, 0.3) is 0 Å². The molecule has 0 aromatic carbocycles. The van der Waals surface area contributed by atoms with Gasteiger partial charge in [0.05, 0.1) is 0 Å². The molecule has 78 valence electrons. The van der Waals surface area contributed by atoms with Gasteiger partial charge in [-0.25, -0.2) is 0 Å². The van der Waals surface area contributed by atoms with Gasteiger partial charge in [0.15, 0.2) is 0 Å². The Morgan fingerprint density at radius 1 is 1.23 bits per heavy atom. The van der Waals surface area contributed by atoms with Gasteiger partial charge < -0.3 is 0 Å². The molecule has 0 N–H and O–H groups in total. The second-order valence-electron chi connectivity index (χ2n) is 4.68. The smallest absolute Gasteiger partial charge is 0.0174 e. The summed E-state index contributed by atoms with van der Waals surface area (Å²) in [6.07, 6.45) is 9.97. The summed E-state index contributed by atoms with van der Waals surface area (Å²) < 4.78 is 0. The molecule has 1 heteroatoms. The number of hydrogen-bond acceptors (Lipinski definition) is 0. The van der Waals surface area contributed by atoms with Crippen LogP contribution in [0.4, 0.5) is 0 Å². The van der Waals surface area contributed by atoms with Gasteiger partial charge in [-0.3, -0.25) is 0 Å². The number of rotatable bonds is 3. The Kier molecular flexibility index (Phi) is 5.38. The Morgan fingerprint density at radius 2 is 2.00 bits per heavy atom. The third-order valence-electron chi connectivity index (χ3n) is 3.38. The van der Waals surface area contributed by atoms with Crippen molar-refractivity contribution < 1.29 is 0 Å². The van der Waals surface area contributed by atoms with Crippen molar-refractivity contribution in [1.29, 1.82) is 0 Å². The lowest BCUT2D eigenvalue weighted by molar-refractivity contribution is 0.421. The van der Waals surface area contributed by atoms with Crippen molar-refractivity contribution in [3.05, 3.63) is 0 Å². The Morgan fingerprint density at radius 3 is 2.69 bits per heavy atom. The molecule has 3 unspecified atom stereocenters. The van der Waals surface area contributed by atoms with Crippen LogP contribution in [0.3, 0.4) is 0 Å². The van der Waals surface area contributed by atoms with Crippen LogP contribution in [0, 0.1) is 11.8 Å². The maximum atomic E-state index is 3.85. The summed E-state index contributed by atoms with van der Waals surface area (Å²) in [7, 11) is 0. The molecule has 1 aliphatic rings. The minimum absolute atomic E-state index is 0.794. The van der Waals surface area contributed by atoms with Gasteiger partial charge in [0, 0.05) is 4.83 Å². The fourth-order valence-corrected chi connectivity index (χ4v) is 3.38. The molecule has 0 aromatic heterocycles. The fraction of sp³-hybridized carbons (Fsp3) is 1.00. The van der Waals surface area contributed by atoms with Crippen molar-refractivity contribution in [1.82, 2.24) is 0 Å². The van der Waals surface area contributed by atoms with Crippen molar-refractivity contribution in [3.63, 3.8) is 0 Å². The van der Waals surface area contributed by atoms with E-state index in [2.05, 4.69) is 29.8 Å². The second-order valence-corrected chi connectivity index (χ2v) is 5.85. The molecule has 0 aliphatic heterocycles. The fourth-order valence-electron chi connectivity index (χ4n) is 2.39. The molecule has 1 aliphatic carbocycles. The molecule has 1 fully saturated rings. The van der Waals surface area contributed by atoms with Crippen molar-refractivity contribution >= 4 is 15.9 Å². The van der Waals surface area contributed by atoms with Crippen LogP contribution in [0.5, 0.6) is 0 Å². The molecule has 0 heterocycles. The Bertz CT molecular complexity index is 133.